The van der Waals surface area contributed by atoms with Crippen molar-refractivity contribution < 1.29 is 43.6 Å². The molecule has 2 aromatic rings. The first kappa shape index (κ1) is 40.9. The van der Waals surface area contributed by atoms with Crippen LogP contribution in [0, 0.1) is 23.7 Å². The number of allylic oxidation sites excluding steroid dienone is 1. The number of oxime groups is 1. The van der Waals surface area contributed by atoms with Crippen molar-refractivity contribution in [2.24, 2.45) is 28.8 Å². The molecular weight excluding hydrogens is 727 g/mol. The van der Waals surface area contributed by atoms with E-state index in [1.165, 1.54) is 0 Å². The number of unbranched alkanes of at least 4 members (excludes halogenated alkanes) is 2. The van der Waals surface area contributed by atoms with Gasteiger partial charge in [-0.25, -0.2) is 4.79 Å². The molecule has 57 heavy (non-hydrogen) atoms. The molecule has 2 aromatic carbocycles. The van der Waals surface area contributed by atoms with Crippen LogP contribution in [-0.2, 0) is 25.7 Å². The smallest absolute Gasteiger partial charge is 0.412 e. The molecule has 0 aromatic heterocycles. The summed E-state index contributed by atoms with van der Waals surface area (Å²) in [7, 11) is 1.85. The third-order valence-corrected chi connectivity index (χ3v) is 12.3. The summed E-state index contributed by atoms with van der Waals surface area (Å²) in [6, 6.07) is 14.6. The summed E-state index contributed by atoms with van der Waals surface area (Å²) in [4.78, 5) is 35.2. The predicted octanol–water partition coefficient (Wildman–Crippen LogP) is 7.00. The number of aliphatic hydroxyl groups excluding tert-OH is 2. The molecule has 3 aliphatic carbocycles. The fraction of sp³-hybridized carbons (Fsp3) is 0.578. The van der Waals surface area contributed by atoms with Crippen LogP contribution < -0.4 is 14.8 Å². The van der Waals surface area contributed by atoms with Crippen molar-refractivity contribution in [1.29, 1.82) is 0 Å². The van der Waals surface area contributed by atoms with Gasteiger partial charge in [0.1, 0.15) is 17.5 Å². The highest BCUT2D eigenvalue weighted by atomic mass is 16.8. The lowest BCUT2D eigenvalue weighted by Gasteiger charge is -2.59. The molecule has 2 saturated carbocycles. The SMILES string of the molecule is C=CCOC12Oc3ccc(OC(=O)NCc4ccccc4)cc3C3C(CCCCO)C(CCCCO)C=C(C(=NOC4CCCCO4)CC1N(C)C(=O)C1CC1)C32. The lowest BCUT2D eigenvalue weighted by molar-refractivity contribution is -0.256. The number of hydrogen-bond acceptors (Lipinski definition) is 10. The van der Waals surface area contributed by atoms with E-state index in [4.69, 9.17) is 28.9 Å². The van der Waals surface area contributed by atoms with Crippen molar-refractivity contribution >= 4 is 17.7 Å². The summed E-state index contributed by atoms with van der Waals surface area (Å²) in [6.45, 7) is 5.32. The first-order chi connectivity index (χ1) is 27.9. The van der Waals surface area contributed by atoms with E-state index in [9.17, 15) is 19.8 Å². The second-order valence-electron chi connectivity index (χ2n) is 16.1. The highest BCUT2D eigenvalue weighted by Crippen LogP contribution is 2.62. The van der Waals surface area contributed by atoms with Crippen LogP contribution in [0.15, 0.2) is 78.0 Å². The Morgan fingerprint density at radius 3 is 2.54 bits per heavy atom. The molecule has 7 rings (SSSR count). The van der Waals surface area contributed by atoms with Gasteiger partial charge in [-0.3, -0.25) is 4.79 Å². The normalized spacial score (nSPS) is 28.3. The van der Waals surface area contributed by atoms with Crippen LogP contribution in [0.1, 0.15) is 94.1 Å². The molecule has 1 saturated heterocycles. The Morgan fingerprint density at radius 2 is 1.82 bits per heavy atom. The van der Waals surface area contributed by atoms with Gasteiger partial charge >= 0.3 is 6.09 Å². The highest BCUT2D eigenvalue weighted by molar-refractivity contribution is 6.03. The molecule has 2 aliphatic heterocycles. The number of likely N-dealkylation sites (N-methyl/N-ethyl adjacent to an activating group) is 1. The van der Waals surface area contributed by atoms with Gasteiger partial charge < -0.3 is 44.2 Å². The van der Waals surface area contributed by atoms with E-state index in [0.29, 0.717) is 43.9 Å². The summed E-state index contributed by atoms with van der Waals surface area (Å²) in [5.74, 6) is -0.869. The number of nitrogens with one attached hydrogen (secondary N) is 1. The molecule has 0 bridgehead atoms. The third-order valence-electron chi connectivity index (χ3n) is 12.3. The quantitative estimate of drug-likeness (QED) is 0.0826. The molecule has 7 atom stereocenters. The van der Waals surface area contributed by atoms with Crippen LogP contribution in [0.4, 0.5) is 4.79 Å². The van der Waals surface area contributed by atoms with Crippen LogP contribution in [0.5, 0.6) is 11.5 Å². The maximum absolute atomic E-state index is 14.0. The summed E-state index contributed by atoms with van der Waals surface area (Å²) < 4.78 is 26.0. The van der Waals surface area contributed by atoms with Crippen molar-refractivity contribution in [1.82, 2.24) is 10.2 Å². The van der Waals surface area contributed by atoms with E-state index >= 15 is 0 Å². The van der Waals surface area contributed by atoms with E-state index in [2.05, 4.69) is 18.0 Å². The monoisotopic (exact) mass is 785 g/mol. The maximum atomic E-state index is 14.0. The van der Waals surface area contributed by atoms with Crippen LogP contribution in [0.25, 0.3) is 0 Å². The zero-order chi connectivity index (χ0) is 39.8. The molecule has 5 aliphatic rings. The van der Waals surface area contributed by atoms with Crippen molar-refractivity contribution in [3.63, 3.8) is 0 Å². The minimum Gasteiger partial charge on any atom is -0.459 e. The fourth-order valence-electron chi connectivity index (χ4n) is 9.39. The number of benzene rings is 2. The number of nitrogens with zero attached hydrogens (tertiary/aromatic N) is 2. The minimum atomic E-state index is -1.32. The van der Waals surface area contributed by atoms with Crippen molar-refractivity contribution in [2.75, 3.05) is 33.5 Å². The second kappa shape index (κ2) is 19.0. The lowest BCUT2D eigenvalue weighted by Crippen LogP contribution is -2.69. The van der Waals surface area contributed by atoms with Crippen molar-refractivity contribution in [3.05, 3.63) is 84.0 Å². The average molecular weight is 786 g/mol. The van der Waals surface area contributed by atoms with Crippen LogP contribution in [0.3, 0.4) is 0 Å². The Labute approximate surface area is 336 Å². The zero-order valence-corrected chi connectivity index (χ0v) is 33.2. The first-order valence-corrected chi connectivity index (χ1v) is 21.0. The Balaban J connectivity index is 1.35. The number of carbonyl (C=O) groups is 2. The van der Waals surface area contributed by atoms with Crippen molar-refractivity contribution in [3.8, 4) is 11.5 Å². The summed E-state index contributed by atoms with van der Waals surface area (Å²) in [6.07, 6.45) is 12.3. The number of fused-ring (bicyclic) bond motifs is 2. The van der Waals surface area contributed by atoms with E-state index < -0.39 is 30.1 Å². The van der Waals surface area contributed by atoms with Gasteiger partial charge in [0.15, 0.2) is 0 Å². The number of carbonyl (C=O) groups excluding carboxylic acids is 2. The van der Waals surface area contributed by atoms with Gasteiger partial charge in [0.2, 0.25) is 18.0 Å². The lowest BCUT2D eigenvalue weighted by atomic mass is 9.55. The Morgan fingerprint density at radius 1 is 1.04 bits per heavy atom. The van der Waals surface area contributed by atoms with Gasteiger partial charge in [0.25, 0.3) is 0 Å². The largest absolute Gasteiger partial charge is 0.459 e. The van der Waals surface area contributed by atoms with Crippen molar-refractivity contribution in [2.45, 2.75) is 108 Å². The average Bonchev–Trinajstić information content (AvgIpc) is 4.09. The molecular formula is C45H59N3O9. The maximum Gasteiger partial charge on any atom is 0.412 e. The summed E-state index contributed by atoms with van der Waals surface area (Å²) >= 11 is 0. The van der Waals surface area contributed by atoms with Crippen LogP contribution in [-0.4, -0.2) is 84.4 Å². The van der Waals surface area contributed by atoms with Gasteiger partial charge in [-0.15, -0.1) is 6.58 Å². The Kier molecular flexibility index (Phi) is 13.7. The molecule has 308 valence electrons. The molecule has 2 amide bonds. The standard InChI is InChI=1S/C45H59N3O9/c1-3-24-54-45-39(48(2)43(51)31-18-19-31)28-37(47-57-40-17-9-12-25-53-40)35-26-32(15-7-10-22-49)34(16-8-11-23-50)41(42(35)45)36-27-33(20-21-38(36)56-45)55-44(52)46-29-30-13-5-4-6-14-30/h3-6,13-14,20-21,26-27,31-32,34,39-42,49-50H,1,7-12,15-19,22-25,28-29H2,2H3,(H,46,52). The highest BCUT2D eigenvalue weighted by Gasteiger charge is 2.65. The number of ether oxygens (including phenoxy) is 4. The van der Waals surface area contributed by atoms with E-state index in [-0.39, 0.29) is 49.4 Å². The van der Waals surface area contributed by atoms with E-state index in [1.807, 2.05) is 54.4 Å². The summed E-state index contributed by atoms with van der Waals surface area (Å²) in [5, 5.41) is 27.5. The third kappa shape index (κ3) is 9.25. The Bertz CT molecular complexity index is 1760. The molecule has 0 radical (unpaired) electrons. The van der Waals surface area contributed by atoms with E-state index in [0.717, 1.165) is 80.2 Å². The predicted molar refractivity (Wildman–Crippen MR) is 214 cm³/mol. The van der Waals surface area contributed by atoms with Gasteiger partial charge in [-0.2, -0.15) is 0 Å². The molecule has 3 fully saturated rings. The Hall–Kier alpha value is -4.23. The number of amides is 2. The van der Waals surface area contributed by atoms with Gasteiger partial charge in [-0.05, 0) is 92.5 Å². The van der Waals surface area contributed by atoms with Gasteiger partial charge in [-0.1, -0.05) is 60.5 Å². The first-order valence-electron chi connectivity index (χ1n) is 21.0. The van der Waals surface area contributed by atoms with Crippen LogP contribution >= 0.6 is 0 Å². The fourth-order valence-corrected chi connectivity index (χ4v) is 9.39. The molecule has 2 heterocycles. The van der Waals surface area contributed by atoms with Crippen LogP contribution in [0.2, 0.25) is 0 Å². The zero-order valence-electron chi connectivity index (χ0n) is 33.2. The summed E-state index contributed by atoms with van der Waals surface area (Å²) in [5.41, 5.74) is 3.52. The number of aliphatic hydroxyl groups is 2. The molecule has 12 heteroatoms. The topological polar surface area (TPSA) is 148 Å². The van der Waals surface area contributed by atoms with E-state index in [1.54, 1.807) is 12.1 Å². The molecule has 12 nitrogen and oxygen atoms in total. The number of rotatable bonds is 18. The van der Waals surface area contributed by atoms with Gasteiger partial charge in [0.05, 0.1) is 24.8 Å². The van der Waals surface area contributed by atoms with Gasteiger partial charge in [0, 0.05) is 57.0 Å². The molecule has 3 N–H and O–H groups in total. The molecule has 7 unspecified atom stereocenters. The molecule has 0 spiro atoms. The number of hydrogen-bond donors (Lipinski definition) is 3. The minimum absolute atomic E-state index is 0.0384. The second-order valence-corrected chi connectivity index (χ2v) is 16.1.